The van der Waals surface area contributed by atoms with Crippen molar-refractivity contribution >= 4 is 17.7 Å². The molecule has 0 atom stereocenters. The van der Waals surface area contributed by atoms with Crippen LogP contribution >= 0.6 is 11.8 Å². The van der Waals surface area contributed by atoms with Crippen LogP contribution in [-0.4, -0.2) is 94.9 Å². The Kier molecular flexibility index (Phi) is 8.04. The SMILES string of the molecule is COc1ccc(-c2nnc(SCC(=O)N3CCN(CCO)CC3)n2-c2ccccc2)cc1OC. The van der Waals surface area contributed by atoms with Crippen LogP contribution in [-0.2, 0) is 4.79 Å². The van der Waals surface area contributed by atoms with Crippen molar-refractivity contribution in [2.75, 3.05) is 59.3 Å². The molecular formula is C24H29N5O4S. The van der Waals surface area contributed by atoms with Gasteiger partial charge in [-0.3, -0.25) is 14.3 Å². The summed E-state index contributed by atoms with van der Waals surface area (Å²) in [7, 11) is 3.20. The van der Waals surface area contributed by atoms with E-state index in [2.05, 4.69) is 15.1 Å². The first-order chi connectivity index (χ1) is 16.6. The van der Waals surface area contributed by atoms with Gasteiger partial charge in [-0.1, -0.05) is 30.0 Å². The summed E-state index contributed by atoms with van der Waals surface area (Å²) in [5.41, 5.74) is 1.73. The lowest BCUT2D eigenvalue weighted by atomic mass is 10.2. The van der Waals surface area contributed by atoms with Crippen molar-refractivity contribution in [3.05, 3.63) is 48.5 Å². The Hall–Kier alpha value is -3.08. The van der Waals surface area contributed by atoms with E-state index < -0.39 is 0 Å². The molecule has 3 aromatic rings. The Bertz CT molecular complexity index is 1100. The second-order valence-corrected chi connectivity index (χ2v) is 8.72. The predicted octanol–water partition coefficient (Wildman–Crippen LogP) is 2.18. The number of hydrogen-bond acceptors (Lipinski definition) is 8. The van der Waals surface area contributed by atoms with E-state index in [4.69, 9.17) is 14.6 Å². The maximum Gasteiger partial charge on any atom is 0.233 e. The average molecular weight is 484 g/mol. The zero-order valence-corrected chi connectivity index (χ0v) is 20.2. The highest BCUT2D eigenvalue weighted by molar-refractivity contribution is 7.99. The number of aromatic nitrogens is 3. The molecule has 1 N–H and O–H groups in total. The summed E-state index contributed by atoms with van der Waals surface area (Å²) in [6.45, 7) is 3.68. The van der Waals surface area contributed by atoms with E-state index in [1.807, 2.05) is 58.0 Å². The normalized spacial score (nSPS) is 14.3. The van der Waals surface area contributed by atoms with Gasteiger partial charge in [0.05, 0.1) is 26.6 Å². The van der Waals surface area contributed by atoms with Crippen LogP contribution in [0.25, 0.3) is 17.1 Å². The Morgan fingerprint density at radius 1 is 1.00 bits per heavy atom. The van der Waals surface area contributed by atoms with Crippen LogP contribution in [0.2, 0.25) is 0 Å². The zero-order valence-electron chi connectivity index (χ0n) is 19.4. The summed E-state index contributed by atoms with van der Waals surface area (Å²) in [5.74, 6) is 2.24. The van der Waals surface area contributed by atoms with Crippen LogP contribution in [0.15, 0.2) is 53.7 Å². The van der Waals surface area contributed by atoms with E-state index in [0.29, 0.717) is 42.1 Å². The first-order valence-corrected chi connectivity index (χ1v) is 12.1. The maximum absolute atomic E-state index is 12.9. The van der Waals surface area contributed by atoms with Gasteiger partial charge in [-0.15, -0.1) is 10.2 Å². The lowest BCUT2D eigenvalue weighted by Gasteiger charge is -2.34. The van der Waals surface area contributed by atoms with E-state index in [-0.39, 0.29) is 18.3 Å². The second kappa shape index (κ2) is 11.4. The second-order valence-electron chi connectivity index (χ2n) is 7.78. The van der Waals surface area contributed by atoms with Gasteiger partial charge in [0.15, 0.2) is 22.5 Å². The number of aliphatic hydroxyl groups excluding tert-OH is 1. The van der Waals surface area contributed by atoms with Crippen LogP contribution < -0.4 is 9.47 Å². The molecule has 1 aliphatic rings. The molecule has 0 spiro atoms. The maximum atomic E-state index is 12.9. The number of β-amino-alcohol motifs (C(OH)–C–C–N with tert-alkyl or cyclic N) is 1. The van der Waals surface area contributed by atoms with Gasteiger partial charge >= 0.3 is 0 Å². The minimum absolute atomic E-state index is 0.0731. The molecule has 0 aliphatic carbocycles. The molecule has 2 aromatic carbocycles. The van der Waals surface area contributed by atoms with E-state index in [9.17, 15) is 4.79 Å². The molecule has 1 aromatic heterocycles. The van der Waals surface area contributed by atoms with Gasteiger partial charge in [-0.05, 0) is 30.3 Å². The standard InChI is InChI=1S/C24H29N5O4S/c1-32-20-9-8-18(16-21(20)33-2)23-25-26-24(29(23)19-6-4-3-5-7-19)34-17-22(31)28-12-10-27(11-13-28)14-15-30/h3-9,16,30H,10-15,17H2,1-2H3. The molecule has 4 rings (SSSR count). The molecule has 2 heterocycles. The van der Waals surface area contributed by atoms with Crippen molar-refractivity contribution in [1.82, 2.24) is 24.6 Å². The van der Waals surface area contributed by atoms with E-state index in [0.717, 1.165) is 24.3 Å². The molecule has 1 aliphatic heterocycles. The van der Waals surface area contributed by atoms with Crippen molar-refractivity contribution in [1.29, 1.82) is 0 Å². The van der Waals surface area contributed by atoms with Gasteiger partial charge in [-0.25, -0.2) is 0 Å². The number of nitrogens with zero attached hydrogens (tertiary/aromatic N) is 5. The van der Waals surface area contributed by atoms with Crippen molar-refractivity contribution in [2.45, 2.75) is 5.16 Å². The molecule has 0 radical (unpaired) electrons. The topological polar surface area (TPSA) is 93.0 Å². The van der Waals surface area contributed by atoms with Crippen LogP contribution in [0, 0.1) is 0 Å². The van der Waals surface area contributed by atoms with Crippen LogP contribution in [0.1, 0.15) is 0 Å². The fraction of sp³-hybridized carbons (Fsp3) is 0.375. The molecular weight excluding hydrogens is 454 g/mol. The monoisotopic (exact) mass is 483 g/mol. The highest BCUT2D eigenvalue weighted by Crippen LogP contribution is 2.34. The predicted molar refractivity (Wildman–Crippen MR) is 131 cm³/mol. The molecule has 9 nitrogen and oxygen atoms in total. The Morgan fingerprint density at radius 2 is 1.74 bits per heavy atom. The number of thioether (sulfide) groups is 1. The van der Waals surface area contributed by atoms with Crippen LogP contribution in [0.5, 0.6) is 11.5 Å². The number of methoxy groups -OCH3 is 2. The summed E-state index contributed by atoms with van der Waals surface area (Å²) < 4.78 is 12.8. The number of aliphatic hydroxyl groups is 1. The fourth-order valence-corrected chi connectivity index (χ4v) is 4.77. The third-order valence-corrected chi connectivity index (χ3v) is 6.67. The molecule has 0 bridgehead atoms. The van der Waals surface area contributed by atoms with Gasteiger partial charge in [-0.2, -0.15) is 0 Å². The molecule has 0 unspecified atom stereocenters. The molecule has 0 saturated carbocycles. The van der Waals surface area contributed by atoms with Crippen LogP contribution in [0.3, 0.4) is 0 Å². The first-order valence-electron chi connectivity index (χ1n) is 11.1. The van der Waals surface area contributed by atoms with E-state index in [1.54, 1.807) is 14.2 Å². The quantitative estimate of drug-likeness (QED) is 0.463. The molecule has 10 heteroatoms. The Labute approximate surface area is 203 Å². The summed E-state index contributed by atoms with van der Waals surface area (Å²) in [5, 5.41) is 18.6. The van der Waals surface area contributed by atoms with Crippen molar-refractivity contribution in [2.24, 2.45) is 0 Å². The van der Waals surface area contributed by atoms with Gasteiger partial charge in [0.2, 0.25) is 5.91 Å². The van der Waals surface area contributed by atoms with Gasteiger partial charge in [0.25, 0.3) is 0 Å². The fourth-order valence-electron chi connectivity index (χ4n) is 3.92. The average Bonchev–Trinajstić information content (AvgIpc) is 3.32. The van der Waals surface area contributed by atoms with Gasteiger partial charge < -0.3 is 19.5 Å². The molecule has 1 fully saturated rings. The summed E-state index contributed by atoms with van der Waals surface area (Å²) in [6, 6.07) is 15.5. The lowest BCUT2D eigenvalue weighted by Crippen LogP contribution is -2.49. The number of piperazine rings is 1. The smallest absolute Gasteiger partial charge is 0.233 e. The summed E-state index contributed by atoms with van der Waals surface area (Å²) in [4.78, 5) is 16.9. The number of rotatable bonds is 9. The Morgan fingerprint density at radius 3 is 2.41 bits per heavy atom. The largest absolute Gasteiger partial charge is 0.493 e. The molecule has 1 saturated heterocycles. The minimum Gasteiger partial charge on any atom is -0.493 e. The van der Waals surface area contributed by atoms with Crippen molar-refractivity contribution in [3.8, 4) is 28.6 Å². The number of amides is 1. The Balaban J connectivity index is 1.56. The highest BCUT2D eigenvalue weighted by Gasteiger charge is 2.23. The molecule has 180 valence electrons. The lowest BCUT2D eigenvalue weighted by molar-refractivity contribution is -0.130. The zero-order chi connectivity index (χ0) is 23.9. The number of ether oxygens (including phenoxy) is 2. The van der Waals surface area contributed by atoms with Gasteiger partial charge in [0.1, 0.15) is 0 Å². The third kappa shape index (κ3) is 5.35. The number of para-hydroxylation sites is 1. The summed E-state index contributed by atoms with van der Waals surface area (Å²) in [6.07, 6.45) is 0. The third-order valence-electron chi connectivity index (χ3n) is 5.76. The van der Waals surface area contributed by atoms with Gasteiger partial charge in [0, 0.05) is 44.0 Å². The van der Waals surface area contributed by atoms with Crippen LogP contribution in [0.4, 0.5) is 0 Å². The van der Waals surface area contributed by atoms with Crippen molar-refractivity contribution < 1.29 is 19.4 Å². The number of carbonyl (C=O) groups is 1. The molecule has 34 heavy (non-hydrogen) atoms. The summed E-state index contributed by atoms with van der Waals surface area (Å²) >= 11 is 1.38. The molecule has 1 amide bonds. The van der Waals surface area contributed by atoms with Crippen molar-refractivity contribution in [3.63, 3.8) is 0 Å². The minimum atomic E-state index is 0.0731. The van der Waals surface area contributed by atoms with E-state index in [1.165, 1.54) is 11.8 Å². The number of carbonyl (C=O) groups excluding carboxylic acids is 1. The number of hydrogen-bond donors (Lipinski definition) is 1. The highest BCUT2D eigenvalue weighted by atomic mass is 32.2. The first kappa shape index (κ1) is 24.1. The van der Waals surface area contributed by atoms with E-state index >= 15 is 0 Å². The number of benzene rings is 2.